The lowest BCUT2D eigenvalue weighted by atomic mass is 10.2. The maximum absolute atomic E-state index is 11.4. The number of benzene rings is 1. The van der Waals surface area contributed by atoms with Crippen LogP contribution in [-0.2, 0) is 0 Å². The maximum atomic E-state index is 11.4. The standard InChI is InChI=1S/C11H12IN3O/c12-5-2-6-14-11(16)15-10-4-1-3-9(7-10)8-13/h1,3-4,7H,2,5-6H2,(H2,14,15,16). The predicted molar refractivity (Wildman–Crippen MR) is 71.7 cm³/mol. The number of halogens is 1. The molecule has 0 heterocycles. The molecule has 0 fully saturated rings. The van der Waals surface area contributed by atoms with Crippen molar-refractivity contribution in [3.8, 4) is 6.07 Å². The number of carbonyl (C=O) groups excluding carboxylic acids is 1. The lowest BCUT2D eigenvalue weighted by Gasteiger charge is -2.06. The van der Waals surface area contributed by atoms with Crippen LogP contribution in [-0.4, -0.2) is 17.0 Å². The van der Waals surface area contributed by atoms with Crippen LogP contribution in [0.5, 0.6) is 0 Å². The SMILES string of the molecule is N#Cc1cccc(NC(=O)NCCCI)c1. The second kappa shape index (κ2) is 7.06. The van der Waals surface area contributed by atoms with Gasteiger partial charge in [-0.3, -0.25) is 0 Å². The smallest absolute Gasteiger partial charge is 0.319 e. The van der Waals surface area contributed by atoms with E-state index in [1.54, 1.807) is 24.3 Å². The molecule has 0 aliphatic rings. The summed E-state index contributed by atoms with van der Waals surface area (Å²) >= 11 is 2.26. The van der Waals surface area contributed by atoms with Crippen LogP contribution < -0.4 is 10.6 Å². The van der Waals surface area contributed by atoms with Crippen LogP contribution in [0.1, 0.15) is 12.0 Å². The van der Waals surface area contributed by atoms with E-state index in [0.717, 1.165) is 10.8 Å². The van der Waals surface area contributed by atoms with Crippen molar-refractivity contribution in [1.29, 1.82) is 5.26 Å². The van der Waals surface area contributed by atoms with Gasteiger partial charge in [0.25, 0.3) is 0 Å². The number of nitrogens with one attached hydrogen (secondary N) is 2. The van der Waals surface area contributed by atoms with Gasteiger partial charge in [0.2, 0.25) is 0 Å². The number of rotatable bonds is 4. The van der Waals surface area contributed by atoms with Gasteiger partial charge in [-0.05, 0) is 24.6 Å². The summed E-state index contributed by atoms with van der Waals surface area (Å²) in [4.78, 5) is 11.4. The minimum atomic E-state index is -0.236. The summed E-state index contributed by atoms with van der Waals surface area (Å²) in [5.74, 6) is 0. The van der Waals surface area contributed by atoms with E-state index in [2.05, 4.69) is 33.2 Å². The Morgan fingerprint density at radius 3 is 3.00 bits per heavy atom. The van der Waals surface area contributed by atoms with Crippen LogP contribution >= 0.6 is 22.6 Å². The fourth-order valence-corrected chi connectivity index (χ4v) is 1.49. The van der Waals surface area contributed by atoms with Crippen molar-refractivity contribution >= 4 is 34.3 Å². The Morgan fingerprint density at radius 1 is 1.50 bits per heavy atom. The highest BCUT2D eigenvalue weighted by Crippen LogP contribution is 2.09. The molecule has 1 rings (SSSR count). The number of carbonyl (C=O) groups is 1. The van der Waals surface area contributed by atoms with Crippen LogP contribution in [0, 0.1) is 11.3 Å². The van der Waals surface area contributed by atoms with Gasteiger partial charge in [-0.25, -0.2) is 4.79 Å². The molecule has 16 heavy (non-hydrogen) atoms. The molecular formula is C11H12IN3O. The molecule has 5 heteroatoms. The summed E-state index contributed by atoms with van der Waals surface area (Å²) in [7, 11) is 0. The molecule has 84 valence electrons. The van der Waals surface area contributed by atoms with Gasteiger partial charge in [0.15, 0.2) is 0 Å². The van der Waals surface area contributed by atoms with Crippen molar-refractivity contribution in [3.05, 3.63) is 29.8 Å². The summed E-state index contributed by atoms with van der Waals surface area (Å²) < 4.78 is 1.02. The molecule has 0 atom stereocenters. The Labute approximate surface area is 108 Å². The van der Waals surface area contributed by atoms with E-state index >= 15 is 0 Å². The topological polar surface area (TPSA) is 64.9 Å². The number of nitrogens with zero attached hydrogens (tertiary/aromatic N) is 1. The molecule has 0 spiro atoms. The zero-order valence-electron chi connectivity index (χ0n) is 8.66. The van der Waals surface area contributed by atoms with Crippen LogP contribution in [0.4, 0.5) is 10.5 Å². The van der Waals surface area contributed by atoms with E-state index in [1.807, 2.05) is 6.07 Å². The lowest BCUT2D eigenvalue weighted by molar-refractivity contribution is 0.252. The molecular weight excluding hydrogens is 317 g/mol. The Hall–Kier alpha value is -1.29. The van der Waals surface area contributed by atoms with Crippen molar-refractivity contribution in [2.45, 2.75) is 6.42 Å². The summed E-state index contributed by atoms with van der Waals surface area (Å²) in [6, 6.07) is 8.60. The Morgan fingerprint density at radius 2 is 2.31 bits per heavy atom. The Kier molecular flexibility index (Phi) is 5.64. The molecule has 0 radical (unpaired) electrons. The van der Waals surface area contributed by atoms with Crippen molar-refractivity contribution in [3.63, 3.8) is 0 Å². The Balaban J connectivity index is 2.47. The normalized spacial score (nSPS) is 9.25. The molecule has 0 aromatic heterocycles. The first-order chi connectivity index (χ1) is 7.76. The zero-order valence-corrected chi connectivity index (χ0v) is 10.8. The molecule has 1 aromatic rings. The van der Waals surface area contributed by atoms with E-state index in [0.29, 0.717) is 17.8 Å². The average Bonchev–Trinajstić information content (AvgIpc) is 2.29. The number of hydrogen-bond acceptors (Lipinski definition) is 2. The van der Waals surface area contributed by atoms with E-state index in [4.69, 9.17) is 5.26 Å². The largest absolute Gasteiger partial charge is 0.338 e. The summed E-state index contributed by atoms with van der Waals surface area (Å²) in [5.41, 5.74) is 1.16. The van der Waals surface area contributed by atoms with Gasteiger partial charge >= 0.3 is 6.03 Å². The van der Waals surface area contributed by atoms with Gasteiger partial charge in [0.05, 0.1) is 11.6 Å². The van der Waals surface area contributed by atoms with E-state index < -0.39 is 0 Å². The summed E-state index contributed by atoms with van der Waals surface area (Å²) in [6.45, 7) is 0.659. The third-order valence-electron chi connectivity index (χ3n) is 1.85. The number of anilines is 1. The minimum absolute atomic E-state index is 0.236. The molecule has 0 unspecified atom stereocenters. The van der Waals surface area contributed by atoms with Crippen LogP contribution in [0.3, 0.4) is 0 Å². The van der Waals surface area contributed by atoms with Gasteiger partial charge in [-0.2, -0.15) is 5.26 Å². The first-order valence-electron chi connectivity index (χ1n) is 4.87. The van der Waals surface area contributed by atoms with Gasteiger partial charge in [0, 0.05) is 16.7 Å². The maximum Gasteiger partial charge on any atom is 0.319 e. The van der Waals surface area contributed by atoms with E-state index in [9.17, 15) is 4.79 Å². The quantitative estimate of drug-likeness (QED) is 0.506. The molecule has 0 bridgehead atoms. The minimum Gasteiger partial charge on any atom is -0.338 e. The van der Waals surface area contributed by atoms with Crippen LogP contribution in [0.15, 0.2) is 24.3 Å². The molecule has 0 aliphatic carbocycles. The second-order valence-corrected chi connectivity index (χ2v) is 4.19. The zero-order chi connectivity index (χ0) is 11.8. The third-order valence-corrected chi connectivity index (χ3v) is 2.61. The highest BCUT2D eigenvalue weighted by molar-refractivity contribution is 14.1. The Bertz CT molecular complexity index is 400. The number of alkyl halides is 1. The number of hydrogen-bond donors (Lipinski definition) is 2. The van der Waals surface area contributed by atoms with Gasteiger partial charge in [-0.1, -0.05) is 28.7 Å². The average molecular weight is 329 g/mol. The first-order valence-corrected chi connectivity index (χ1v) is 6.40. The first kappa shape index (κ1) is 12.8. The van der Waals surface area contributed by atoms with Crippen molar-refractivity contribution in [2.24, 2.45) is 0 Å². The monoisotopic (exact) mass is 329 g/mol. The number of nitriles is 1. The van der Waals surface area contributed by atoms with Gasteiger partial charge in [0.1, 0.15) is 0 Å². The highest BCUT2D eigenvalue weighted by atomic mass is 127. The van der Waals surface area contributed by atoms with Gasteiger partial charge < -0.3 is 10.6 Å². The highest BCUT2D eigenvalue weighted by Gasteiger charge is 2.00. The molecule has 0 saturated heterocycles. The molecule has 2 amide bonds. The second-order valence-electron chi connectivity index (χ2n) is 3.12. The van der Waals surface area contributed by atoms with Crippen LogP contribution in [0.2, 0.25) is 0 Å². The predicted octanol–water partition coefficient (Wildman–Crippen LogP) is 2.50. The molecule has 0 aliphatic heterocycles. The van der Waals surface area contributed by atoms with Gasteiger partial charge in [-0.15, -0.1) is 0 Å². The molecule has 2 N–H and O–H groups in total. The van der Waals surface area contributed by atoms with Crippen molar-refractivity contribution < 1.29 is 4.79 Å². The fraction of sp³-hybridized carbons (Fsp3) is 0.273. The third kappa shape index (κ3) is 4.49. The number of amides is 2. The van der Waals surface area contributed by atoms with Crippen LogP contribution in [0.25, 0.3) is 0 Å². The van der Waals surface area contributed by atoms with E-state index in [1.165, 1.54) is 0 Å². The van der Waals surface area contributed by atoms with Crippen molar-refractivity contribution in [2.75, 3.05) is 16.3 Å². The molecule has 4 nitrogen and oxygen atoms in total. The number of urea groups is 1. The summed E-state index contributed by atoms with van der Waals surface area (Å²) in [6.07, 6.45) is 0.951. The van der Waals surface area contributed by atoms with E-state index in [-0.39, 0.29) is 6.03 Å². The lowest BCUT2D eigenvalue weighted by Crippen LogP contribution is -2.29. The van der Waals surface area contributed by atoms with Crippen molar-refractivity contribution in [1.82, 2.24) is 5.32 Å². The fourth-order valence-electron chi connectivity index (χ4n) is 1.11. The molecule has 0 saturated carbocycles. The molecule has 1 aromatic carbocycles. The summed E-state index contributed by atoms with van der Waals surface area (Å²) in [5, 5.41) is 14.1.